The molecule has 10 heteroatoms. The van der Waals surface area contributed by atoms with E-state index in [1.54, 1.807) is 54.6 Å². The van der Waals surface area contributed by atoms with Gasteiger partial charge < -0.3 is 15.4 Å². The van der Waals surface area contributed by atoms with Gasteiger partial charge >= 0.3 is 5.97 Å². The standard InChI is InChI=1S/C23H21N3O6S/c1-16(27)24-18-9-11-19(12-10-18)25-22(28)15-32-23(29)17-7-13-21(14-8-17)33(30,31)26-20-5-3-2-4-6-20/h2-14,26H,15H2,1H3,(H,24,27)(H,25,28). The van der Waals surface area contributed by atoms with Gasteiger partial charge in [0.15, 0.2) is 6.61 Å². The summed E-state index contributed by atoms with van der Waals surface area (Å²) < 4.78 is 32.3. The van der Waals surface area contributed by atoms with Crippen LogP contribution in [0.5, 0.6) is 0 Å². The number of anilines is 3. The number of para-hydroxylation sites is 1. The number of hydrogen-bond acceptors (Lipinski definition) is 6. The third-order valence-corrected chi connectivity index (χ3v) is 5.65. The lowest BCUT2D eigenvalue weighted by atomic mass is 10.2. The highest BCUT2D eigenvalue weighted by molar-refractivity contribution is 7.92. The first kappa shape index (κ1) is 23.5. The molecule has 0 atom stereocenters. The number of nitrogens with one attached hydrogen (secondary N) is 3. The summed E-state index contributed by atoms with van der Waals surface area (Å²) in [6.45, 7) is 0.861. The van der Waals surface area contributed by atoms with Gasteiger partial charge in [-0.3, -0.25) is 14.3 Å². The van der Waals surface area contributed by atoms with Crippen molar-refractivity contribution in [2.45, 2.75) is 11.8 Å². The average molecular weight is 468 g/mol. The molecule has 0 saturated carbocycles. The summed E-state index contributed by atoms with van der Waals surface area (Å²) in [5.74, 6) is -1.54. The summed E-state index contributed by atoms with van der Waals surface area (Å²) in [7, 11) is -3.82. The lowest BCUT2D eigenvalue weighted by Gasteiger charge is -2.09. The summed E-state index contributed by atoms with van der Waals surface area (Å²) in [6.07, 6.45) is 0. The zero-order chi connectivity index (χ0) is 23.8. The lowest BCUT2D eigenvalue weighted by molar-refractivity contribution is -0.119. The second-order valence-corrected chi connectivity index (χ2v) is 8.56. The Bertz CT molecular complexity index is 1240. The van der Waals surface area contributed by atoms with Crippen molar-refractivity contribution in [2.75, 3.05) is 22.0 Å². The molecule has 3 aromatic carbocycles. The maximum absolute atomic E-state index is 12.4. The Balaban J connectivity index is 1.53. The first-order chi connectivity index (χ1) is 15.7. The Labute approximate surface area is 190 Å². The van der Waals surface area contributed by atoms with Crippen LogP contribution in [0.1, 0.15) is 17.3 Å². The van der Waals surface area contributed by atoms with Crippen molar-refractivity contribution < 1.29 is 27.5 Å². The summed E-state index contributed by atoms with van der Waals surface area (Å²) >= 11 is 0. The molecule has 0 bridgehead atoms. The molecule has 0 spiro atoms. The van der Waals surface area contributed by atoms with E-state index < -0.39 is 28.5 Å². The lowest BCUT2D eigenvalue weighted by Crippen LogP contribution is -2.21. The predicted molar refractivity (Wildman–Crippen MR) is 123 cm³/mol. The molecule has 0 aliphatic carbocycles. The van der Waals surface area contributed by atoms with Crippen LogP contribution < -0.4 is 15.4 Å². The molecule has 170 valence electrons. The van der Waals surface area contributed by atoms with Crippen LogP contribution in [0, 0.1) is 0 Å². The Kier molecular flexibility index (Phi) is 7.42. The molecule has 3 aromatic rings. The van der Waals surface area contributed by atoms with E-state index in [0.29, 0.717) is 17.1 Å². The predicted octanol–water partition coefficient (Wildman–Crippen LogP) is 3.24. The number of amides is 2. The fraction of sp³-hybridized carbons (Fsp3) is 0.0870. The van der Waals surface area contributed by atoms with E-state index in [4.69, 9.17) is 4.74 Å². The van der Waals surface area contributed by atoms with Gasteiger partial charge in [-0.15, -0.1) is 0 Å². The Morgan fingerprint density at radius 1 is 0.758 bits per heavy atom. The molecular weight excluding hydrogens is 446 g/mol. The summed E-state index contributed by atoms with van der Waals surface area (Å²) in [5, 5.41) is 5.17. The number of rotatable bonds is 8. The zero-order valence-electron chi connectivity index (χ0n) is 17.6. The normalized spacial score (nSPS) is 10.7. The van der Waals surface area contributed by atoms with Gasteiger partial charge in [-0.2, -0.15) is 0 Å². The molecule has 0 aliphatic rings. The van der Waals surface area contributed by atoms with Crippen LogP contribution in [-0.2, 0) is 24.3 Å². The van der Waals surface area contributed by atoms with Crippen molar-refractivity contribution in [1.29, 1.82) is 0 Å². The van der Waals surface area contributed by atoms with Crippen molar-refractivity contribution in [3.63, 3.8) is 0 Å². The third kappa shape index (κ3) is 6.91. The van der Waals surface area contributed by atoms with Gasteiger partial charge in [0.05, 0.1) is 10.5 Å². The molecule has 0 aliphatic heterocycles. The van der Waals surface area contributed by atoms with E-state index in [1.807, 2.05) is 0 Å². The highest BCUT2D eigenvalue weighted by atomic mass is 32.2. The first-order valence-electron chi connectivity index (χ1n) is 9.75. The second kappa shape index (κ2) is 10.4. The number of sulfonamides is 1. The summed E-state index contributed by atoms with van der Waals surface area (Å²) in [4.78, 5) is 35.2. The number of esters is 1. The minimum absolute atomic E-state index is 0.0247. The van der Waals surface area contributed by atoms with Gasteiger partial charge in [-0.1, -0.05) is 18.2 Å². The van der Waals surface area contributed by atoms with Crippen molar-refractivity contribution in [3.05, 3.63) is 84.4 Å². The number of carbonyl (C=O) groups is 3. The van der Waals surface area contributed by atoms with E-state index in [2.05, 4.69) is 15.4 Å². The van der Waals surface area contributed by atoms with Crippen LogP contribution in [0.4, 0.5) is 17.1 Å². The van der Waals surface area contributed by atoms with Gasteiger partial charge in [0, 0.05) is 24.0 Å². The minimum atomic E-state index is -3.82. The molecule has 0 unspecified atom stereocenters. The van der Waals surface area contributed by atoms with E-state index in [-0.39, 0.29) is 16.4 Å². The van der Waals surface area contributed by atoms with E-state index in [1.165, 1.54) is 31.2 Å². The van der Waals surface area contributed by atoms with Crippen LogP contribution >= 0.6 is 0 Å². The zero-order valence-corrected chi connectivity index (χ0v) is 18.4. The molecule has 0 saturated heterocycles. The van der Waals surface area contributed by atoms with Crippen LogP contribution in [0.25, 0.3) is 0 Å². The number of ether oxygens (including phenoxy) is 1. The van der Waals surface area contributed by atoms with Crippen LogP contribution in [-0.4, -0.2) is 32.8 Å². The van der Waals surface area contributed by atoms with Crippen LogP contribution in [0.15, 0.2) is 83.8 Å². The fourth-order valence-electron chi connectivity index (χ4n) is 2.74. The maximum Gasteiger partial charge on any atom is 0.338 e. The van der Waals surface area contributed by atoms with E-state index in [9.17, 15) is 22.8 Å². The topological polar surface area (TPSA) is 131 Å². The second-order valence-electron chi connectivity index (χ2n) is 6.88. The van der Waals surface area contributed by atoms with Gasteiger partial charge in [0.1, 0.15) is 0 Å². The smallest absolute Gasteiger partial charge is 0.338 e. The SMILES string of the molecule is CC(=O)Nc1ccc(NC(=O)COC(=O)c2ccc(S(=O)(=O)Nc3ccccc3)cc2)cc1. The molecule has 0 fully saturated rings. The molecule has 9 nitrogen and oxygen atoms in total. The molecule has 2 amide bonds. The highest BCUT2D eigenvalue weighted by Crippen LogP contribution is 2.17. The Morgan fingerprint density at radius 3 is 1.91 bits per heavy atom. The van der Waals surface area contributed by atoms with Gasteiger partial charge in [0.25, 0.3) is 15.9 Å². The van der Waals surface area contributed by atoms with Gasteiger partial charge in [0.2, 0.25) is 5.91 Å². The van der Waals surface area contributed by atoms with E-state index >= 15 is 0 Å². The Hall–Kier alpha value is -4.18. The fourth-order valence-corrected chi connectivity index (χ4v) is 3.80. The Morgan fingerprint density at radius 2 is 1.33 bits per heavy atom. The number of carbonyl (C=O) groups excluding carboxylic acids is 3. The van der Waals surface area contributed by atoms with Gasteiger partial charge in [-0.05, 0) is 60.7 Å². The van der Waals surface area contributed by atoms with Crippen molar-refractivity contribution >= 4 is 44.9 Å². The number of hydrogen-bond donors (Lipinski definition) is 3. The van der Waals surface area contributed by atoms with Crippen LogP contribution in [0.2, 0.25) is 0 Å². The van der Waals surface area contributed by atoms with Gasteiger partial charge in [-0.25, -0.2) is 13.2 Å². The maximum atomic E-state index is 12.4. The highest BCUT2D eigenvalue weighted by Gasteiger charge is 2.16. The third-order valence-electron chi connectivity index (χ3n) is 4.25. The average Bonchev–Trinajstić information content (AvgIpc) is 2.79. The van der Waals surface area contributed by atoms with Crippen molar-refractivity contribution in [3.8, 4) is 0 Å². The molecule has 3 rings (SSSR count). The van der Waals surface area contributed by atoms with Crippen LogP contribution in [0.3, 0.4) is 0 Å². The largest absolute Gasteiger partial charge is 0.452 e. The number of benzene rings is 3. The quantitative estimate of drug-likeness (QED) is 0.436. The summed E-state index contributed by atoms with van der Waals surface area (Å²) in [6, 6.07) is 20.0. The molecule has 3 N–H and O–H groups in total. The van der Waals surface area contributed by atoms with E-state index in [0.717, 1.165) is 0 Å². The summed E-state index contributed by atoms with van der Waals surface area (Å²) in [5.41, 5.74) is 1.56. The van der Waals surface area contributed by atoms with Crippen molar-refractivity contribution in [2.24, 2.45) is 0 Å². The molecule has 0 radical (unpaired) electrons. The molecule has 0 aromatic heterocycles. The van der Waals surface area contributed by atoms with Crippen molar-refractivity contribution in [1.82, 2.24) is 0 Å². The molecule has 0 heterocycles. The molecule has 33 heavy (non-hydrogen) atoms. The first-order valence-corrected chi connectivity index (χ1v) is 11.2. The molecular formula is C23H21N3O6S. The monoisotopic (exact) mass is 467 g/mol. The minimum Gasteiger partial charge on any atom is -0.452 e.